The Labute approximate surface area is 260 Å². The molecule has 7 heteroatoms. The molecule has 0 aliphatic carbocycles. The predicted octanol–water partition coefficient (Wildman–Crippen LogP) is 6.00. The molecule has 0 fully saturated rings. The minimum atomic E-state index is -4.47. The topological polar surface area (TPSA) is 72.5 Å². The summed E-state index contributed by atoms with van der Waals surface area (Å²) in [6.45, 7) is 3.02. The van der Waals surface area contributed by atoms with E-state index in [1.165, 1.54) is 114 Å². The number of unbranched alkanes of at least 4 members (excludes halogenated alkanes) is 15. The largest absolute Gasteiger partial charge is 1.00 e. The average Bonchev–Trinajstić information content (AvgIpc) is 3.25. The van der Waals surface area contributed by atoms with E-state index in [9.17, 15) is 13.0 Å². The molecule has 3 rings (SSSR count). The van der Waals surface area contributed by atoms with Crippen LogP contribution in [0, 0.1) is 0 Å². The first-order chi connectivity index (χ1) is 18.5. The first-order valence-electron chi connectivity index (χ1n) is 15.2. The van der Waals surface area contributed by atoms with Gasteiger partial charge in [0.1, 0.15) is 10.1 Å². The number of nitrogens with one attached hydrogen (secondary N) is 1. The van der Waals surface area contributed by atoms with Crippen LogP contribution in [0.4, 0.5) is 11.4 Å². The van der Waals surface area contributed by atoms with Crippen LogP contribution in [0.2, 0.25) is 0 Å². The zero-order chi connectivity index (χ0) is 27.1. The maximum atomic E-state index is 11.5. The molecular formula is C32H49N2NaO3S. The van der Waals surface area contributed by atoms with Gasteiger partial charge in [0, 0.05) is 6.54 Å². The van der Waals surface area contributed by atoms with Crippen LogP contribution in [0.15, 0.2) is 53.4 Å². The molecule has 5 nitrogen and oxygen atoms in total. The molecule has 1 aliphatic heterocycles. The third-order valence-corrected chi connectivity index (χ3v) is 8.62. The summed E-state index contributed by atoms with van der Waals surface area (Å²) in [6.07, 6.45) is 22.8. The summed E-state index contributed by atoms with van der Waals surface area (Å²) in [5, 5.41) is 3.49. The molecule has 2 aromatic rings. The van der Waals surface area contributed by atoms with Crippen LogP contribution in [-0.2, 0) is 16.7 Å². The van der Waals surface area contributed by atoms with Crippen molar-refractivity contribution in [1.29, 1.82) is 0 Å². The van der Waals surface area contributed by atoms with Gasteiger partial charge >= 0.3 is 29.6 Å². The van der Waals surface area contributed by atoms with E-state index in [0.29, 0.717) is 0 Å². The van der Waals surface area contributed by atoms with Crippen molar-refractivity contribution >= 4 is 21.5 Å². The molecule has 1 atom stereocenters. The number of rotatable bonds is 20. The van der Waals surface area contributed by atoms with Crippen molar-refractivity contribution in [2.45, 2.75) is 134 Å². The van der Waals surface area contributed by atoms with Gasteiger partial charge in [-0.3, -0.25) is 0 Å². The molecule has 1 heterocycles. The molecule has 1 aliphatic rings. The smallest absolute Gasteiger partial charge is 0.744 e. The Balaban J connectivity index is 0.00000533. The maximum absolute atomic E-state index is 11.5. The van der Waals surface area contributed by atoms with Crippen LogP contribution in [-0.4, -0.2) is 19.1 Å². The van der Waals surface area contributed by atoms with Gasteiger partial charge < -0.3 is 14.8 Å². The minimum absolute atomic E-state index is 0. The first-order valence-corrected chi connectivity index (χ1v) is 16.6. The van der Waals surface area contributed by atoms with Crippen LogP contribution in [0.25, 0.3) is 0 Å². The molecule has 0 aromatic heterocycles. The van der Waals surface area contributed by atoms with Crippen molar-refractivity contribution < 1.29 is 42.5 Å². The number of nitrogens with zero attached hydrogens (tertiary/aromatic N) is 1. The summed E-state index contributed by atoms with van der Waals surface area (Å²) in [7, 11) is -4.47. The van der Waals surface area contributed by atoms with Gasteiger partial charge in [0.15, 0.2) is 0 Å². The van der Waals surface area contributed by atoms with Crippen LogP contribution in [0.1, 0.15) is 122 Å². The Kier molecular flexibility index (Phi) is 16.8. The van der Waals surface area contributed by atoms with Gasteiger partial charge in [-0.25, -0.2) is 8.42 Å². The van der Waals surface area contributed by atoms with Gasteiger partial charge in [0.05, 0.1) is 22.4 Å². The van der Waals surface area contributed by atoms with Gasteiger partial charge in [-0.15, -0.1) is 0 Å². The molecule has 0 amide bonds. The van der Waals surface area contributed by atoms with Gasteiger partial charge in [-0.2, -0.15) is 0 Å². The van der Waals surface area contributed by atoms with Crippen LogP contribution >= 0.6 is 0 Å². The molecule has 0 bridgehead atoms. The summed E-state index contributed by atoms with van der Waals surface area (Å²) in [5.74, 6) is 0. The van der Waals surface area contributed by atoms with Crippen LogP contribution < -0.4 is 39.8 Å². The predicted molar refractivity (Wildman–Crippen MR) is 159 cm³/mol. The third-order valence-electron chi connectivity index (χ3n) is 7.79. The number of benzene rings is 2. The van der Waals surface area contributed by atoms with Crippen LogP contribution in [0.5, 0.6) is 0 Å². The summed E-state index contributed by atoms with van der Waals surface area (Å²) < 4.78 is 34.6. The Morgan fingerprint density at radius 3 is 1.77 bits per heavy atom. The molecule has 2 aromatic carbocycles. The van der Waals surface area contributed by atoms with E-state index in [-0.39, 0.29) is 40.6 Å². The molecule has 0 radical (unpaired) electrons. The SMILES string of the molecule is CCCCCCCCCCCCCCCCCCC1Nc2cc(S(=O)(=O)[O-])ccc2N1Cc1ccccc1.[Na+]. The second-order valence-corrected chi connectivity index (χ2v) is 12.4. The summed E-state index contributed by atoms with van der Waals surface area (Å²) in [6, 6.07) is 15.0. The second-order valence-electron chi connectivity index (χ2n) is 11.0. The van der Waals surface area contributed by atoms with Crippen molar-refractivity contribution in [3.63, 3.8) is 0 Å². The number of hydrogen-bond donors (Lipinski definition) is 1. The zero-order valence-corrected chi connectivity index (χ0v) is 27.3. The molecule has 212 valence electrons. The fourth-order valence-corrected chi connectivity index (χ4v) is 6.05. The van der Waals surface area contributed by atoms with Crippen molar-refractivity contribution in [2.75, 3.05) is 10.2 Å². The Bertz CT molecular complexity index is 1030. The number of fused-ring (bicyclic) bond motifs is 1. The summed E-state index contributed by atoms with van der Waals surface area (Å²) in [5.41, 5.74) is 2.90. The molecule has 39 heavy (non-hydrogen) atoms. The molecule has 0 saturated heterocycles. The Hall–Kier alpha value is -1.05. The summed E-state index contributed by atoms with van der Waals surface area (Å²) in [4.78, 5) is 2.13. The van der Waals surface area contributed by atoms with Crippen molar-refractivity contribution in [3.05, 3.63) is 54.1 Å². The van der Waals surface area contributed by atoms with E-state index in [2.05, 4.69) is 29.3 Å². The molecule has 0 saturated carbocycles. The van der Waals surface area contributed by atoms with Crippen molar-refractivity contribution in [2.24, 2.45) is 0 Å². The van der Waals surface area contributed by atoms with E-state index in [1.807, 2.05) is 18.2 Å². The van der Waals surface area contributed by atoms with Gasteiger partial charge in [0.2, 0.25) is 0 Å². The van der Waals surface area contributed by atoms with Gasteiger partial charge in [-0.1, -0.05) is 134 Å². The molecule has 1 N–H and O–H groups in total. The number of hydrogen-bond acceptors (Lipinski definition) is 5. The van der Waals surface area contributed by atoms with E-state index in [4.69, 9.17) is 0 Å². The van der Waals surface area contributed by atoms with E-state index >= 15 is 0 Å². The quantitative estimate of drug-likeness (QED) is 0.121. The molecular weight excluding hydrogens is 515 g/mol. The fourth-order valence-electron chi connectivity index (χ4n) is 5.55. The van der Waals surface area contributed by atoms with Crippen molar-refractivity contribution in [1.82, 2.24) is 0 Å². The normalized spacial score (nSPS) is 14.6. The average molecular weight is 565 g/mol. The summed E-state index contributed by atoms with van der Waals surface area (Å²) >= 11 is 0. The maximum Gasteiger partial charge on any atom is 1.00 e. The zero-order valence-electron chi connectivity index (χ0n) is 24.5. The standard InChI is InChI=1S/C32H50N2O3S.Na/c1-2-3-4-5-6-7-8-9-10-11-12-13-14-15-16-20-23-32-33-30-26-29(38(35,36)37)24-25-31(30)34(32)27-28-21-18-17-19-22-28;/h17-19,21-22,24-26,32-33H,2-16,20,23,27H2,1H3,(H,35,36,37);/q;+1/p-1. The van der Waals surface area contributed by atoms with Crippen LogP contribution in [0.3, 0.4) is 0 Å². The monoisotopic (exact) mass is 564 g/mol. The van der Waals surface area contributed by atoms with E-state index in [1.54, 1.807) is 6.07 Å². The molecule has 1 unspecified atom stereocenters. The second kappa shape index (κ2) is 19.1. The minimum Gasteiger partial charge on any atom is -0.744 e. The molecule has 0 spiro atoms. The Morgan fingerprint density at radius 2 is 1.26 bits per heavy atom. The van der Waals surface area contributed by atoms with E-state index in [0.717, 1.165) is 30.8 Å². The van der Waals surface area contributed by atoms with Gasteiger partial charge in [-0.05, 0) is 36.6 Å². The fraction of sp³-hybridized carbons (Fsp3) is 0.625. The Morgan fingerprint density at radius 1 is 0.744 bits per heavy atom. The first kappa shape index (κ1) is 34.2. The number of anilines is 2. The van der Waals surface area contributed by atoms with Crippen molar-refractivity contribution in [3.8, 4) is 0 Å². The van der Waals surface area contributed by atoms with Gasteiger partial charge in [0.25, 0.3) is 0 Å². The van der Waals surface area contributed by atoms with E-state index < -0.39 is 10.1 Å². The third kappa shape index (κ3) is 12.6.